The summed E-state index contributed by atoms with van der Waals surface area (Å²) in [5.74, 6) is -1.55. The number of pyridine rings is 1. The van der Waals surface area contributed by atoms with E-state index in [-0.39, 0.29) is 32.7 Å². The molecule has 0 radical (unpaired) electrons. The Morgan fingerprint density at radius 3 is 2.62 bits per heavy atom. The summed E-state index contributed by atoms with van der Waals surface area (Å²) in [4.78, 5) is 17.2. The van der Waals surface area contributed by atoms with Gasteiger partial charge >= 0.3 is 0 Å². The fourth-order valence-corrected chi connectivity index (χ4v) is 3.82. The highest BCUT2D eigenvalue weighted by atomic mass is 35.5. The average Bonchev–Trinajstić information content (AvgIpc) is 2.76. The molecule has 3 rings (SSSR count). The third-order valence-electron chi connectivity index (χ3n) is 4.17. The second kappa shape index (κ2) is 10.5. The maximum Gasteiger partial charge on any atom is 0.257 e. The molecule has 3 aromatic rings. The predicted molar refractivity (Wildman–Crippen MR) is 127 cm³/mol. The number of hydrazone groups is 1. The number of carbonyl (C=O) groups is 1. The highest BCUT2D eigenvalue weighted by molar-refractivity contribution is 7.98. The van der Waals surface area contributed by atoms with Crippen molar-refractivity contribution in [3.63, 3.8) is 0 Å². The van der Waals surface area contributed by atoms with Crippen LogP contribution in [0.25, 0.3) is 11.1 Å². The lowest BCUT2D eigenvalue weighted by Gasteiger charge is -2.13. The van der Waals surface area contributed by atoms with Crippen LogP contribution in [0, 0.1) is 17.0 Å². The zero-order valence-electron chi connectivity index (χ0n) is 16.4. The van der Waals surface area contributed by atoms with E-state index in [9.17, 15) is 13.6 Å². The molecule has 3 N–H and O–H groups in total. The van der Waals surface area contributed by atoms with Crippen molar-refractivity contribution in [1.29, 1.82) is 5.41 Å². The van der Waals surface area contributed by atoms with Crippen LogP contribution in [0.4, 0.5) is 20.3 Å². The van der Waals surface area contributed by atoms with Crippen LogP contribution in [0.15, 0.2) is 52.6 Å². The van der Waals surface area contributed by atoms with E-state index >= 15 is 0 Å². The first-order chi connectivity index (χ1) is 15.3. The van der Waals surface area contributed by atoms with Gasteiger partial charge in [0.15, 0.2) is 5.82 Å². The van der Waals surface area contributed by atoms with Crippen molar-refractivity contribution in [2.75, 3.05) is 17.0 Å². The van der Waals surface area contributed by atoms with E-state index < -0.39 is 17.5 Å². The molecule has 0 unspecified atom stereocenters. The second-order valence-electron chi connectivity index (χ2n) is 6.22. The zero-order valence-corrected chi connectivity index (χ0v) is 18.7. The van der Waals surface area contributed by atoms with E-state index in [1.807, 2.05) is 0 Å². The summed E-state index contributed by atoms with van der Waals surface area (Å²) < 4.78 is 28.4. The molecule has 0 aliphatic rings. The molecule has 2 aromatic carbocycles. The van der Waals surface area contributed by atoms with Gasteiger partial charge in [-0.3, -0.25) is 10.2 Å². The molecule has 1 amide bonds. The maximum absolute atomic E-state index is 14.9. The van der Waals surface area contributed by atoms with Crippen molar-refractivity contribution < 1.29 is 13.6 Å². The minimum atomic E-state index is -0.679. The highest BCUT2D eigenvalue weighted by Gasteiger charge is 2.18. The van der Waals surface area contributed by atoms with Gasteiger partial charge in [-0.05, 0) is 42.2 Å². The van der Waals surface area contributed by atoms with E-state index in [0.29, 0.717) is 10.5 Å². The van der Waals surface area contributed by atoms with E-state index in [1.54, 1.807) is 6.26 Å². The molecule has 1 aromatic heterocycles. The first kappa shape index (κ1) is 23.6. The van der Waals surface area contributed by atoms with Gasteiger partial charge in [-0.25, -0.2) is 13.8 Å². The molecular formula is C21H15Cl2F2N5OS. The van der Waals surface area contributed by atoms with Crippen molar-refractivity contribution >= 4 is 64.8 Å². The molecule has 6 nitrogen and oxygen atoms in total. The minimum absolute atomic E-state index is 0.0219. The number of hydrogen-bond donors (Lipinski definition) is 3. The van der Waals surface area contributed by atoms with Crippen molar-refractivity contribution in [2.45, 2.75) is 4.90 Å². The number of halogens is 4. The van der Waals surface area contributed by atoms with Crippen LogP contribution in [0.3, 0.4) is 0 Å². The molecule has 0 fully saturated rings. The fraction of sp³-hybridized carbons (Fsp3) is 0.0476. The van der Waals surface area contributed by atoms with E-state index in [4.69, 9.17) is 28.6 Å². The number of nitrogens with zero attached hydrogens (tertiary/aromatic N) is 2. The summed E-state index contributed by atoms with van der Waals surface area (Å²) in [6.45, 7) is 0. The summed E-state index contributed by atoms with van der Waals surface area (Å²) in [5, 5.41) is 13.3. The molecule has 0 aliphatic heterocycles. The van der Waals surface area contributed by atoms with Gasteiger partial charge in [0.1, 0.15) is 11.6 Å². The van der Waals surface area contributed by atoms with Crippen molar-refractivity contribution in [3.8, 4) is 11.1 Å². The Morgan fingerprint density at radius 1 is 1.16 bits per heavy atom. The largest absolute Gasteiger partial charge is 0.320 e. The maximum atomic E-state index is 14.9. The summed E-state index contributed by atoms with van der Waals surface area (Å²) in [6.07, 6.45) is 5.25. The van der Waals surface area contributed by atoms with Crippen LogP contribution in [0.5, 0.6) is 0 Å². The third-order valence-corrected chi connectivity index (χ3v) is 5.55. The second-order valence-corrected chi connectivity index (χ2v) is 7.88. The Bertz CT molecular complexity index is 1220. The van der Waals surface area contributed by atoms with Crippen LogP contribution in [0.2, 0.25) is 10.0 Å². The van der Waals surface area contributed by atoms with Crippen LogP contribution in [-0.4, -0.2) is 29.6 Å². The van der Waals surface area contributed by atoms with Gasteiger partial charge in [-0.1, -0.05) is 29.3 Å². The van der Waals surface area contributed by atoms with Gasteiger partial charge in [0, 0.05) is 16.7 Å². The molecular weight excluding hydrogens is 479 g/mol. The molecule has 32 heavy (non-hydrogen) atoms. The number of carbonyl (C=O) groups excluding carboxylic acids is 1. The lowest BCUT2D eigenvalue weighted by Crippen LogP contribution is -2.13. The van der Waals surface area contributed by atoms with Gasteiger partial charge in [0.25, 0.3) is 5.91 Å². The zero-order chi connectivity index (χ0) is 23.3. The number of benzene rings is 2. The molecule has 0 atom stereocenters. The number of anilines is 2. The van der Waals surface area contributed by atoms with Crippen LogP contribution >= 0.6 is 35.0 Å². The molecule has 1 heterocycles. The Balaban J connectivity index is 1.85. The summed E-state index contributed by atoms with van der Waals surface area (Å²) >= 11 is 13.6. The van der Waals surface area contributed by atoms with Gasteiger partial charge in [-0.15, -0.1) is 11.8 Å². The number of aromatic nitrogens is 1. The van der Waals surface area contributed by atoms with E-state index in [1.165, 1.54) is 54.5 Å². The minimum Gasteiger partial charge on any atom is -0.320 e. The molecule has 0 spiro atoms. The lowest BCUT2D eigenvalue weighted by atomic mass is 10.0. The summed E-state index contributed by atoms with van der Waals surface area (Å²) in [7, 11) is 0. The van der Waals surface area contributed by atoms with Gasteiger partial charge < -0.3 is 10.7 Å². The molecule has 0 aliphatic carbocycles. The Morgan fingerprint density at radius 2 is 1.94 bits per heavy atom. The van der Waals surface area contributed by atoms with Crippen molar-refractivity contribution in [3.05, 3.63) is 69.8 Å². The van der Waals surface area contributed by atoms with Crippen molar-refractivity contribution in [2.24, 2.45) is 5.10 Å². The first-order valence-corrected chi connectivity index (χ1v) is 10.9. The molecule has 0 bridgehead atoms. The molecule has 11 heteroatoms. The SMILES string of the molecule is CSc1cc(F)ccc1-c1cc(Cl)c(C(=O)Nc2cnc(N/N=C\C=N)c(Cl)c2)cc1F. The van der Waals surface area contributed by atoms with Gasteiger partial charge in [0.2, 0.25) is 0 Å². The fourth-order valence-electron chi connectivity index (χ4n) is 2.74. The molecule has 0 saturated heterocycles. The Labute approximate surface area is 196 Å². The Kier molecular flexibility index (Phi) is 7.79. The lowest BCUT2D eigenvalue weighted by molar-refractivity contribution is 0.102. The van der Waals surface area contributed by atoms with Gasteiger partial charge in [0.05, 0.1) is 33.7 Å². The summed E-state index contributed by atoms with van der Waals surface area (Å²) in [5.41, 5.74) is 3.33. The topological polar surface area (TPSA) is 90.2 Å². The van der Waals surface area contributed by atoms with E-state index in [0.717, 1.165) is 12.3 Å². The van der Waals surface area contributed by atoms with Crippen LogP contribution in [-0.2, 0) is 0 Å². The third kappa shape index (κ3) is 5.42. The number of hydrogen-bond acceptors (Lipinski definition) is 6. The normalized spacial score (nSPS) is 10.9. The highest BCUT2D eigenvalue weighted by Crippen LogP contribution is 2.35. The van der Waals surface area contributed by atoms with E-state index in [2.05, 4.69) is 20.8 Å². The number of rotatable bonds is 7. The van der Waals surface area contributed by atoms with Crippen molar-refractivity contribution in [1.82, 2.24) is 4.98 Å². The quantitative estimate of drug-likeness (QED) is 0.203. The molecule has 164 valence electrons. The number of nitrogens with one attached hydrogen (secondary N) is 3. The monoisotopic (exact) mass is 493 g/mol. The standard InChI is InChI=1S/C21H15Cl2F2N5OS/c1-32-19-6-11(24)2-3-13(19)14-8-16(22)15(9-18(14)25)21(31)29-12-7-17(23)20(27-10-12)30-28-5-4-26/h2-10,26H,1H3,(H,27,30)(H,29,31)/b26-4?,28-5-. The Hall–Kier alpha value is -3.01. The van der Waals surface area contributed by atoms with Gasteiger partial charge in [-0.2, -0.15) is 5.10 Å². The smallest absolute Gasteiger partial charge is 0.257 e. The first-order valence-electron chi connectivity index (χ1n) is 8.92. The number of thioether (sulfide) groups is 1. The predicted octanol–water partition coefficient (Wildman–Crippen LogP) is 6.36. The average molecular weight is 494 g/mol. The number of amides is 1. The van der Waals surface area contributed by atoms with Crippen LogP contribution < -0.4 is 10.7 Å². The molecule has 0 saturated carbocycles. The van der Waals surface area contributed by atoms with Crippen LogP contribution in [0.1, 0.15) is 10.4 Å². The summed E-state index contributed by atoms with van der Waals surface area (Å²) in [6, 6.07) is 7.78.